The first kappa shape index (κ1) is 8.10. The van der Waals surface area contributed by atoms with Crippen LogP contribution in [0.5, 0.6) is 0 Å². The van der Waals surface area contributed by atoms with Crippen molar-refractivity contribution in [2.24, 2.45) is 5.41 Å². The zero-order chi connectivity index (χ0) is 6.78. The van der Waals surface area contributed by atoms with Gasteiger partial charge in [0.15, 0.2) is 0 Å². The van der Waals surface area contributed by atoms with Crippen LogP contribution in [-0.4, -0.2) is 11.9 Å². The van der Waals surface area contributed by atoms with Crippen LogP contribution in [0.3, 0.4) is 0 Å². The van der Waals surface area contributed by atoms with E-state index in [4.69, 9.17) is 5.41 Å². The van der Waals surface area contributed by atoms with E-state index in [2.05, 4.69) is 30.0 Å². The summed E-state index contributed by atoms with van der Waals surface area (Å²) in [7, 11) is 2.56. The van der Waals surface area contributed by atoms with E-state index in [0.29, 0.717) is 0 Å². The predicted molar refractivity (Wildman–Crippen MR) is 41.8 cm³/mol. The van der Waals surface area contributed by atoms with Gasteiger partial charge in [0.2, 0.25) is 0 Å². The Kier molecular flexibility index (Phi) is 2.62. The second-order valence-corrected chi connectivity index (χ2v) is 3.34. The standard InChI is InChI=1S/C6H14NP/c1-6(2,3)5(7)4-8/h7H,4,8H2,1-3H3. The molecule has 0 heterocycles. The van der Waals surface area contributed by atoms with Crippen LogP contribution in [0.4, 0.5) is 0 Å². The van der Waals surface area contributed by atoms with Crippen LogP contribution in [0, 0.1) is 10.8 Å². The molecule has 2 heteroatoms. The molecule has 1 nitrogen and oxygen atoms in total. The summed E-state index contributed by atoms with van der Waals surface area (Å²) in [5.41, 5.74) is 0.865. The third-order valence-electron chi connectivity index (χ3n) is 1.11. The second kappa shape index (κ2) is 2.59. The van der Waals surface area contributed by atoms with E-state index in [9.17, 15) is 0 Å². The van der Waals surface area contributed by atoms with Crippen LogP contribution in [0.2, 0.25) is 0 Å². The lowest BCUT2D eigenvalue weighted by molar-refractivity contribution is 0.585. The van der Waals surface area contributed by atoms with Crippen LogP contribution >= 0.6 is 9.24 Å². The van der Waals surface area contributed by atoms with Gasteiger partial charge >= 0.3 is 0 Å². The van der Waals surface area contributed by atoms with Crippen LogP contribution in [-0.2, 0) is 0 Å². The average molecular weight is 131 g/mol. The smallest absolute Gasteiger partial charge is 0.0180 e. The van der Waals surface area contributed by atoms with Crippen molar-refractivity contribution < 1.29 is 0 Å². The Labute approximate surface area is 53.6 Å². The minimum absolute atomic E-state index is 0.0712. The first-order valence-corrected chi connectivity index (χ1v) is 3.58. The summed E-state index contributed by atoms with van der Waals surface area (Å²) < 4.78 is 0. The van der Waals surface area contributed by atoms with Crippen molar-refractivity contribution in [3.05, 3.63) is 0 Å². The van der Waals surface area contributed by atoms with Crippen LogP contribution in [0.15, 0.2) is 0 Å². The lowest BCUT2D eigenvalue weighted by Crippen LogP contribution is -2.19. The van der Waals surface area contributed by atoms with Crippen LogP contribution < -0.4 is 0 Å². The Balaban J connectivity index is 3.82. The zero-order valence-corrected chi connectivity index (χ0v) is 6.94. The fraction of sp³-hybridized carbons (Fsp3) is 0.833. The summed E-state index contributed by atoms with van der Waals surface area (Å²) in [5.74, 6) is 0. The summed E-state index contributed by atoms with van der Waals surface area (Å²) >= 11 is 0. The van der Waals surface area contributed by atoms with Crippen molar-refractivity contribution in [2.75, 3.05) is 6.16 Å². The highest BCUT2D eigenvalue weighted by molar-refractivity contribution is 7.18. The van der Waals surface area contributed by atoms with Crippen LogP contribution in [0.25, 0.3) is 0 Å². The monoisotopic (exact) mass is 131 g/mol. The molecular formula is C6H14NP. The van der Waals surface area contributed by atoms with Crippen molar-refractivity contribution in [2.45, 2.75) is 20.8 Å². The highest BCUT2D eigenvalue weighted by Crippen LogP contribution is 2.15. The van der Waals surface area contributed by atoms with Gasteiger partial charge in [-0.25, -0.2) is 0 Å². The highest BCUT2D eigenvalue weighted by atomic mass is 31.0. The lowest BCUT2D eigenvalue weighted by Gasteiger charge is -2.17. The fourth-order valence-electron chi connectivity index (χ4n) is 0.306. The maximum absolute atomic E-state index is 7.37. The Hall–Kier alpha value is 0.100. The molecule has 0 aliphatic heterocycles. The van der Waals surface area contributed by atoms with E-state index in [0.717, 1.165) is 11.9 Å². The summed E-state index contributed by atoms with van der Waals surface area (Å²) in [4.78, 5) is 0. The Morgan fingerprint density at radius 2 is 1.88 bits per heavy atom. The van der Waals surface area contributed by atoms with Gasteiger partial charge in [0.05, 0.1) is 0 Å². The fourth-order valence-corrected chi connectivity index (χ4v) is 0.919. The molecule has 8 heavy (non-hydrogen) atoms. The maximum Gasteiger partial charge on any atom is 0.0180 e. The first-order chi connectivity index (χ1) is 3.48. The Morgan fingerprint density at radius 1 is 1.50 bits per heavy atom. The SMILES string of the molecule is CC(C)(C)C(=N)CP. The van der Waals surface area contributed by atoms with Crippen molar-refractivity contribution in [3.63, 3.8) is 0 Å². The molecule has 0 rings (SSSR count). The summed E-state index contributed by atoms with van der Waals surface area (Å²) in [5, 5.41) is 7.37. The van der Waals surface area contributed by atoms with Crippen molar-refractivity contribution in [3.8, 4) is 0 Å². The van der Waals surface area contributed by atoms with E-state index in [1.165, 1.54) is 0 Å². The van der Waals surface area contributed by atoms with Gasteiger partial charge < -0.3 is 5.41 Å². The highest BCUT2D eigenvalue weighted by Gasteiger charge is 2.13. The third kappa shape index (κ3) is 2.42. The number of hydrogen-bond donors (Lipinski definition) is 1. The molecule has 0 amide bonds. The summed E-state index contributed by atoms with van der Waals surface area (Å²) in [6.07, 6.45) is 0.795. The van der Waals surface area contributed by atoms with Gasteiger partial charge in [0.1, 0.15) is 0 Å². The van der Waals surface area contributed by atoms with Crippen molar-refractivity contribution in [1.29, 1.82) is 5.41 Å². The van der Waals surface area contributed by atoms with Gasteiger partial charge in [-0.1, -0.05) is 20.8 Å². The second-order valence-electron chi connectivity index (χ2n) is 2.93. The van der Waals surface area contributed by atoms with Crippen molar-refractivity contribution in [1.82, 2.24) is 0 Å². The molecule has 0 aliphatic carbocycles. The summed E-state index contributed by atoms with van der Waals surface area (Å²) in [6.45, 7) is 6.16. The Bertz CT molecular complexity index is 91.2. The molecule has 1 atom stereocenters. The number of hydrogen-bond acceptors (Lipinski definition) is 1. The predicted octanol–water partition coefficient (Wildman–Crippen LogP) is 1.93. The van der Waals surface area contributed by atoms with Crippen molar-refractivity contribution >= 4 is 15.0 Å². The molecule has 1 unspecified atom stereocenters. The normalized spacial score (nSPS) is 11.5. The average Bonchev–Trinajstić information content (AvgIpc) is 1.62. The quantitative estimate of drug-likeness (QED) is 0.415. The topological polar surface area (TPSA) is 23.9 Å². The van der Waals surface area contributed by atoms with E-state index >= 15 is 0 Å². The molecular weight excluding hydrogens is 117 g/mol. The number of rotatable bonds is 1. The largest absolute Gasteiger partial charge is 0.309 e. The molecule has 0 saturated carbocycles. The minimum Gasteiger partial charge on any atom is -0.309 e. The maximum atomic E-state index is 7.37. The molecule has 48 valence electrons. The van der Waals surface area contributed by atoms with E-state index in [1.54, 1.807) is 0 Å². The number of nitrogens with one attached hydrogen (secondary N) is 1. The molecule has 0 aromatic rings. The first-order valence-electron chi connectivity index (χ1n) is 2.76. The van der Waals surface area contributed by atoms with Gasteiger partial charge in [-0.15, -0.1) is 9.24 Å². The van der Waals surface area contributed by atoms with E-state index < -0.39 is 0 Å². The molecule has 0 fully saturated rings. The van der Waals surface area contributed by atoms with Gasteiger partial charge in [-0.3, -0.25) is 0 Å². The van der Waals surface area contributed by atoms with Crippen LogP contribution in [0.1, 0.15) is 20.8 Å². The molecule has 0 aromatic carbocycles. The molecule has 0 spiro atoms. The van der Waals surface area contributed by atoms with Gasteiger partial charge in [-0.2, -0.15) is 0 Å². The van der Waals surface area contributed by atoms with Gasteiger partial charge in [0.25, 0.3) is 0 Å². The molecule has 1 N–H and O–H groups in total. The van der Waals surface area contributed by atoms with E-state index in [-0.39, 0.29) is 5.41 Å². The minimum atomic E-state index is 0.0712. The van der Waals surface area contributed by atoms with Gasteiger partial charge in [0, 0.05) is 11.9 Å². The molecule has 0 aliphatic rings. The zero-order valence-electron chi connectivity index (χ0n) is 5.78. The molecule has 0 bridgehead atoms. The molecule has 0 radical (unpaired) electrons. The summed E-state index contributed by atoms with van der Waals surface area (Å²) in [6, 6.07) is 0. The lowest BCUT2D eigenvalue weighted by atomic mass is 9.91. The molecule has 0 aromatic heterocycles. The van der Waals surface area contributed by atoms with Gasteiger partial charge in [-0.05, 0) is 5.41 Å². The third-order valence-corrected chi connectivity index (χ3v) is 1.52. The molecule has 0 saturated heterocycles. The Morgan fingerprint density at radius 3 is 1.88 bits per heavy atom. The van der Waals surface area contributed by atoms with E-state index in [1.807, 2.05) is 0 Å².